The van der Waals surface area contributed by atoms with E-state index in [-0.39, 0.29) is 5.91 Å². The molecule has 2 heterocycles. The lowest BCUT2D eigenvalue weighted by Crippen LogP contribution is -2.44. The third-order valence-electron chi connectivity index (χ3n) is 4.19. The molecule has 1 fully saturated rings. The van der Waals surface area contributed by atoms with E-state index in [9.17, 15) is 4.79 Å². The van der Waals surface area contributed by atoms with Gasteiger partial charge in [0.2, 0.25) is 0 Å². The van der Waals surface area contributed by atoms with E-state index in [4.69, 9.17) is 0 Å². The van der Waals surface area contributed by atoms with E-state index in [1.54, 1.807) is 13.1 Å². The van der Waals surface area contributed by atoms with Gasteiger partial charge in [-0.25, -0.2) is 0 Å². The summed E-state index contributed by atoms with van der Waals surface area (Å²) in [4.78, 5) is 14.0. The summed E-state index contributed by atoms with van der Waals surface area (Å²) in [5.41, 5.74) is 0.343. The standard InChI is InChI=1S/C16H27N5O/c1-3-4-10-21-11-6-5-7-13(21)12-18-15-9-8-14(19-20-15)16(22)17-2/h8-9,13H,3-7,10-12H2,1-2H3,(H,17,22)(H,18,20). The Morgan fingerprint density at radius 3 is 2.91 bits per heavy atom. The number of amides is 1. The Hall–Kier alpha value is -1.69. The normalized spacial score (nSPS) is 18.9. The molecule has 122 valence electrons. The number of carbonyl (C=O) groups is 1. The second-order valence-electron chi connectivity index (χ2n) is 5.80. The summed E-state index contributed by atoms with van der Waals surface area (Å²) in [5.74, 6) is 0.519. The van der Waals surface area contributed by atoms with Gasteiger partial charge in [-0.2, -0.15) is 0 Å². The van der Waals surface area contributed by atoms with Gasteiger partial charge in [0.1, 0.15) is 5.82 Å². The van der Waals surface area contributed by atoms with E-state index in [0.29, 0.717) is 11.7 Å². The maximum Gasteiger partial charge on any atom is 0.271 e. The molecule has 1 aliphatic heterocycles. The fourth-order valence-corrected chi connectivity index (χ4v) is 2.84. The highest BCUT2D eigenvalue weighted by atomic mass is 16.1. The van der Waals surface area contributed by atoms with Gasteiger partial charge in [-0.3, -0.25) is 9.69 Å². The predicted molar refractivity (Wildman–Crippen MR) is 88.0 cm³/mol. The van der Waals surface area contributed by atoms with E-state index in [1.165, 1.54) is 45.2 Å². The molecule has 0 radical (unpaired) electrons. The van der Waals surface area contributed by atoms with Crippen LogP contribution in [0.5, 0.6) is 0 Å². The van der Waals surface area contributed by atoms with Crippen molar-refractivity contribution in [2.24, 2.45) is 0 Å². The highest BCUT2D eigenvalue weighted by Crippen LogP contribution is 2.18. The first kappa shape index (κ1) is 16.7. The van der Waals surface area contributed by atoms with E-state index < -0.39 is 0 Å². The Labute approximate surface area is 132 Å². The smallest absolute Gasteiger partial charge is 0.271 e. The number of aromatic nitrogens is 2. The summed E-state index contributed by atoms with van der Waals surface area (Å²) in [6.07, 6.45) is 6.35. The number of hydrogen-bond donors (Lipinski definition) is 2. The molecule has 0 aliphatic carbocycles. The quantitative estimate of drug-likeness (QED) is 0.805. The maximum absolute atomic E-state index is 11.4. The first-order chi connectivity index (χ1) is 10.7. The number of carbonyl (C=O) groups excluding carboxylic acids is 1. The average Bonchev–Trinajstić information content (AvgIpc) is 2.58. The second kappa shape index (κ2) is 8.68. The Morgan fingerprint density at radius 1 is 1.36 bits per heavy atom. The largest absolute Gasteiger partial charge is 0.367 e. The van der Waals surface area contributed by atoms with Crippen molar-refractivity contribution in [2.75, 3.05) is 32.0 Å². The van der Waals surface area contributed by atoms with Crippen LogP contribution in [0.4, 0.5) is 5.82 Å². The Kier molecular flexibility index (Phi) is 6.58. The fraction of sp³-hybridized carbons (Fsp3) is 0.688. The van der Waals surface area contributed by atoms with E-state index in [2.05, 4.69) is 32.7 Å². The number of hydrogen-bond acceptors (Lipinski definition) is 5. The van der Waals surface area contributed by atoms with Crippen LogP contribution in [-0.4, -0.2) is 53.7 Å². The molecule has 1 aromatic heterocycles. The maximum atomic E-state index is 11.4. The van der Waals surface area contributed by atoms with Crippen LogP contribution in [0, 0.1) is 0 Å². The molecule has 6 heteroatoms. The number of unbranched alkanes of at least 4 members (excludes halogenated alkanes) is 1. The summed E-state index contributed by atoms with van der Waals surface area (Å²) < 4.78 is 0. The number of likely N-dealkylation sites (tertiary alicyclic amines) is 1. The van der Waals surface area contributed by atoms with Gasteiger partial charge in [-0.1, -0.05) is 19.8 Å². The zero-order valence-corrected chi connectivity index (χ0v) is 13.6. The molecule has 6 nitrogen and oxygen atoms in total. The van der Waals surface area contributed by atoms with Crippen molar-refractivity contribution in [3.8, 4) is 0 Å². The summed E-state index contributed by atoms with van der Waals surface area (Å²) >= 11 is 0. The molecule has 2 rings (SSSR count). The lowest BCUT2D eigenvalue weighted by molar-refractivity contribution is 0.0957. The van der Waals surface area contributed by atoms with Crippen LogP contribution in [0.15, 0.2) is 12.1 Å². The number of nitrogens with zero attached hydrogens (tertiary/aromatic N) is 3. The lowest BCUT2D eigenvalue weighted by Gasteiger charge is -2.35. The van der Waals surface area contributed by atoms with Gasteiger partial charge < -0.3 is 10.6 Å². The molecule has 1 saturated heterocycles. The first-order valence-electron chi connectivity index (χ1n) is 8.28. The SMILES string of the molecule is CCCCN1CCCCC1CNc1ccc(C(=O)NC)nn1. The molecule has 1 amide bonds. The minimum absolute atomic E-state index is 0.211. The van der Waals surface area contributed by atoms with Gasteiger partial charge in [-0.05, 0) is 44.5 Å². The monoisotopic (exact) mass is 305 g/mol. The fourth-order valence-electron chi connectivity index (χ4n) is 2.84. The topological polar surface area (TPSA) is 70.2 Å². The van der Waals surface area contributed by atoms with Gasteiger partial charge in [-0.15, -0.1) is 10.2 Å². The lowest BCUT2D eigenvalue weighted by atomic mass is 10.0. The average molecular weight is 305 g/mol. The molecule has 0 spiro atoms. The van der Waals surface area contributed by atoms with Crippen LogP contribution in [-0.2, 0) is 0 Å². The van der Waals surface area contributed by atoms with Crippen molar-refractivity contribution in [2.45, 2.75) is 45.1 Å². The van der Waals surface area contributed by atoms with E-state index in [1.807, 2.05) is 6.07 Å². The summed E-state index contributed by atoms with van der Waals surface area (Å²) in [6.45, 7) is 5.51. The summed E-state index contributed by atoms with van der Waals surface area (Å²) in [6, 6.07) is 4.08. The van der Waals surface area contributed by atoms with Crippen LogP contribution in [0.25, 0.3) is 0 Å². The number of rotatable bonds is 7. The van der Waals surface area contributed by atoms with Crippen molar-refractivity contribution < 1.29 is 4.79 Å². The van der Waals surface area contributed by atoms with Crippen LogP contribution in [0.2, 0.25) is 0 Å². The Balaban J connectivity index is 1.86. The molecule has 0 bridgehead atoms. The molecule has 0 saturated carbocycles. The minimum Gasteiger partial charge on any atom is -0.367 e. The van der Waals surface area contributed by atoms with Crippen LogP contribution in [0.3, 0.4) is 0 Å². The molecule has 22 heavy (non-hydrogen) atoms. The molecule has 1 unspecified atom stereocenters. The van der Waals surface area contributed by atoms with Crippen molar-refractivity contribution in [3.05, 3.63) is 17.8 Å². The molecule has 1 atom stereocenters. The second-order valence-corrected chi connectivity index (χ2v) is 5.80. The van der Waals surface area contributed by atoms with Gasteiger partial charge in [0.25, 0.3) is 5.91 Å². The predicted octanol–water partition coefficient (Wildman–Crippen LogP) is 1.90. The highest BCUT2D eigenvalue weighted by Gasteiger charge is 2.21. The molecule has 1 aromatic rings. The Morgan fingerprint density at radius 2 is 2.23 bits per heavy atom. The van der Waals surface area contributed by atoms with Gasteiger partial charge >= 0.3 is 0 Å². The van der Waals surface area contributed by atoms with Crippen molar-refractivity contribution in [3.63, 3.8) is 0 Å². The number of piperidine rings is 1. The minimum atomic E-state index is -0.211. The van der Waals surface area contributed by atoms with E-state index in [0.717, 1.165) is 12.4 Å². The molecule has 2 N–H and O–H groups in total. The molecular weight excluding hydrogens is 278 g/mol. The number of nitrogens with one attached hydrogen (secondary N) is 2. The zero-order valence-electron chi connectivity index (χ0n) is 13.6. The third-order valence-corrected chi connectivity index (χ3v) is 4.19. The van der Waals surface area contributed by atoms with Gasteiger partial charge in [0.05, 0.1) is 0 Å². The number of anilines is 1. The van der Waals surface area contributed by atoms with Crippen LogP contribution >= 0.6 is 0 Å². The third kappa shape index (κ3) is 4.66. The zero-order chi connectivity index (χ0) is 15.8. The Bertz CT molecular complexity index is 462. The summed E-state index contributed by atoms with van der Waals surface area (Å²) in [5, 5.41) is 13.9. The van der Waals surface area contributed by atoms with Gasteiger partial charge in [0, 0.05) is 19.6 Å². The first-order valence-corrected chi connectivity index (χ1v) is 8.28. The van der Waals surface area contributed by atoms with Gasteiger partial charge in [0.15, 0.2) is 5.69 Å². The van der Waals surface area contributed by atoms with E-state index >= 15 is 0 Å². The molecule has 0 aromatic carbocycles. The molecular formula is C16H27N5O. The van der Waals surface area contributed by atoms with Crippen LogP contribution in [0.1, 0.15) is 49.5 Å². The summed E-state index contributed by atoms with van der Waals surface area (Å²) in [7, 11) is 1.59. The van der Waals surface area contributed by atoms with Crippen molar-refractivity contribution in [1.29, 1.82) is 0 Å². The highest BCUT2D eigenvalue weighted by molar-refractivity contribution is 5.91. The van der Waals surface area contributed by atoms with Crippen LogP contribution < -0.4 is 10.6 Å². The van der Waals surface area contributed by atoms with Crippen molar-refractivity contribution in [1.82, 2.24) is 20.4 Å². The molecule has 1 aliphatic rings. The van der Waals surface area contributed by atoms with Crippen molar-refractivity contribution >= 4 is 11.7 Å².